The van der Waals surface area contributed by atoms with Gasteiger partial charge in [0, 0.05) is 0 Å². The third-order valence-corrected chi connectivity index (χ3v) is 1.89. The fraction of sp³-hybridized carbons (Fsp3) is 0.750. The van der Waals surface area contributed by atoms with Crippen molar-refractivity contribution in [3.05, 3.63) is 6.92 Å². The first-order valence-corrected chi connectivity index (χ1v) is 3.57. The Labute approximate surface area is 51.0 Å². The van der Waals surface area contributed by atoms with E-state index in [0.717, 1.165) is 0 Å². The van der Waals surface area contributed by atoms with Crippen molar-refractivity contribution in [1.29, 1.82) is 0 Å². The molecule has 4 heteroatoms. The molecule has 1 N–H and O–H groups in total. The van der Waals surface area contributed by atoms with Gasteiger partial charge in [-0.05, 0) is 13.5 Å². The highest BCUT2D eigenvalue weighted by Gasteiger charge is 2.01. The lowest BCUT2D eigenvalue weighted by atomic mass is 10.5. The van der Waals surface area contributed by atoms with Gasteiger partial charge in [-0.2, -0.15) is 0 Å². The molecular weight excluding hydrogens is 126 g/mol. The first-order chi connectivity index (χ1) is 3.72. The summed E-state index contributed by atoms with van der Waals surface area (Å²) in [6.07, 6.45) is 0.384. The van der Waals surface area contributed by atoms with Gasteiger partial charge < -0.3 is 5.32 Å². The minimum Gasteiger partial charge on any atom is -0.304 e. The SMILES string of the molecule is [CH2]CC(NC)[SH](=O)=O. The minimum absolute atomic E-state index is 0.384. The van der Waals surface area contributed by atoms with Gasteiger partial charge in [-0.25, -0.2) is 8.42 Å². The molecule has 0 aliphatic rings. The third-order valence-electron chi connectivity index (χ3n) is 0.861. The molecule has 0 amide bonds. The van der Waals surface area contributed by atoms with Crippen LogP contribution in [0.5, 0.6) is 0 Å². The summed E-state index contributed by atoms with van der Waals surface area (Å²) in [6, 6.07) is 0. The summed E-state index contributed by atoms with van der Waals surface area (Å²) >= 11 is 0. The summed E-state index contributed by atoms with van der Waals surface area (Å²) in [5.74, 6) is 0. The van der Waals surface area contributed by atoms with Crippen LogP contribution in [0.15, 0.2) is 0 Å². The zero-order valence-electron chi connectivity index (χ0n) is 4.76. The van der Waals surface area contributed by atoms with E-state index in [-0.39, 0.29) is 0 Å². The van der Waals surface area contributed by atoms with Crippen LogP contribution in [-0.4, -0.2) is 20.8 Å². The second-order valence-electron chi connectivity index (χ2n) is 1.38. The van der Waals surface area contributed by atoms with Crippen LogP contribution in [0, 0.1) is 6.92 Å². The van der Waals surface area contributed by atoms with Crippen LogP contribution in [0.2, 0.25) is 0 Å². The normalized spacial score (nSPS) is 14.4. The lowest BCUT2D eigenvalue weighted by molar-refractivity contribution is 0.584. The summed E-state index contributed by atoms with van der Waals surface area (Å²) in [5.41, 5.74) is 0. The highest BCUT2D eigenvalue weighted by atomic mass is 32.2. The smallest absolute Gasteiger partial charge is 0.156 e. The number of hydrogen-bond acceptors (Lipinski definition) is 3. The molecule has 0 spiro atoms. The van der Waals surface area contributed by atoms with E-state index in [9.17, 15) is 8.42 Å². The summed E-state index contributed by atoms with van der Waals surface area (Å²) < 4.78 is 20.2. The van der Waals surface area contributed by atoms with Gasteiger partial charge in [0.05, 0.1) is 0 Å². The van der Waals surface area contributed by atoms with E-state index in [0.29, 0.717) is 6.42 Å². The monoisotopic (exact) mass is 136 g/mol. The molecular formula is C4H10NO2S. The Morgan fingerprint density at radius 1 is 1.75 bits per heavy atom. The Kier molecular flexibility index (Phi) is 3.81. The molecule has 0 bridgehead atoms. The Balaban J connectivity index is 3.70. The standard InChI is InChI=1S/C4H10NO2S/c1-3-4(5-2)8(6)7/h4-5,8H,1,3H2,2H3. The highest BCUT2D eigenvalue weighted by Crippen LogP contribution is 1.86. The molecule has 0 rings (SSSR count). The lowest BCUT2D eigenvalue weighted by Gasteiger charge is -2.01. The average Bonchev–Trinajstić information content (AvgIpc) is 1.69. The van der Waals surface area contributed by atoms with Crippen LogP contribution in [0.3, 0.4) is 0 Å². The number of thiol groups is 1. The van der Waals surface area contributed by atoms with Crippen molar-refractivity contribution in [1.82, 2.24) is 5.32 Å². The molecule has 0 aromatic rings. The maximum absolute atomic E-state index is 10.1. The topological polar surface area (TPSA) is 46.2 Å². The molecule has 0 aliphatic heterocycles. The molecule has 1 radical (unpaired) electrons. The minimum atomic E-state index is -2.34. The highest BCUT2D eigenvalue weighted by molar-refractivity contribution is 7.73. The van der Waals surface area contributed by atoms with Crippen LogP contribution in [0.1, 0.15) is 6.42 Å². The van der Waals surface area contributed by atoms with E-state index in [4.69, 9.17) is 0 Å². The van der Waals surface area contributed by atoms with Crippen LogP contribution in [0.25, 0.3) is 0 Å². The molecule has 1 atom stereocenters. The fourth-order valence-corrected chi connectivity index (χ4v) is 0.777. The van der Waals surface area contributed by atoms with Crippen LogP contribution in [-0.2, 0) is 10.7 Å². The van der Waals surface area contributed by atoms with Crippen LogP contribution in [0.4, 0.5) is 0 Å². The molecule has 8 heavy (non-hydrogen) atoms. The van der Waals surface area contributed by atoms with Gasteiger partial charge in [0.25, 0.3) is 0 Å². The third kappa shape index (κ3) is 2.28. The molecule has 0 fully saturated rings. The van der Waals surface area contributed by atoms with E-state index in [1.165, 1.54) is 0 Å². The Morgan fingerprint density at radius 2 is 2.25 bits per heavy atom. The van der Waals surface area contributed by atoms with Gasteiger partial charge in [-0.3, -0.25) is 0 Å². The van der Waals surface area contributed by atoms with Crippen molar-refractivity contribution < 1.29 is 8.42 Å². The van der Waals surface area contributed by atoms with E-state index < -0.39 is 16.1 Å². The van der Waals surface area contributed by atoms with E-state index in [1.54, 1.807) is 7.05 Å². The van der Waals surface area contributed by atoms with E-state index in [2.05, 4.69) is 12.2 Å². The van der Waals surface area contributed by atoms with Gasteiger partial charge >= 0.3 is 0 Å². The van der Waals surface area contributed by atoms with Crippen molar-refractivity contribution in [2.45, 2.75) is 11.8 Å². The van der Waals surface area contributed by atoms with Crippen molar-refractivity contribution in [3.8, 4) is 0 Å². The zero-order valence-corrected chi connectivity index (χ0v) is 5.65. The maximum atomic E-state index is 10.1. The van der Waals surface area contributed by atoms with Gasteiger partial charge in [-0.15, -0.1) is 0 Å². The van der Waals surface area contributed by atoms with Crippen molar-refractivity contribution in [3.63, 3.8) is 0 Å². The van der Waals surface area contributed by atoms with Crippen molar-refractivity contribution in [2.24, 2.45) is 0 Å². The van der Waals surface area contributed by atoms with E-state index >= 15 is 0 Å². The lowest BCUT2D eigenvalue weighted by Crippen LogP contribution is -2.25. The van der Waals surface area contributed by atoms with Gasteiger partial charge in [0.2, 0.25) is 0 Å². The van der Waals surface area contributed by atoms with Crippen molar-refractivity contribution >= 4 is 10.7 Å². The molecule has 0 aromatic heterocycles. The first-order valence-electron chi connectivity index (χ1n) is 2.32. The van der Waals surface area contributed by atoms with Gasteiger partial charge in [0.1, 0.15) is 5.37 Å². The number of hydrogen-bond donors (Lipinski definition) is 2. The largest absolute Gasteiger partial charge is 0.304 e. The summed E-state index contributed by atoms with van der Waals surface area (Å²) in [6.45, 7) is 3.43. The second-order valence-corrected chi connectivity index (χ2v) is 2.57. The molecule has 0 saturated carbocycles. The van der Waals surface area contributed by atoms with Gasteiger partial charge in [-0.1, -0.05) is 6.92 Å². The van der Waals surface area contributed by atoms with Crippen LogP contribution < -0.4 is 5.32 Å². The zero-order chi connectivity index (χ0) is 6.57. The molecule has 1 unspecified atom stereocenters. The predicted molar refractivity (Wildman–Crippen MR) is 33.1 cm³/mol. The summed E-state index contributed by atoms with van der Waals surface area (Å²) in [4.78, 5) is 0. The van der Waals surface area contributed by atoms with E-state index in [1.807, 2.05) is 0 Å². The second kappa shape index (κ2) is 3.86. The predicted octanol–water partition coefficient (Wildman–Crippen LogP) is -0.633. The molecule has 0 heterocycles. The molecule has 0 aliphatic carbocycles. The summed E-state index contributed by atoms with van der Waals surface area (Å²) in [7, 11) is -0.740. The summed E-state index contributed by atoms with van der Waals surface area (Å²) in [5, 5.41) is 2.14. The molecule has 0 saturated heterocycles. The fourth-order valence-electron chi connectivity index (χ4n) is 0.355. The van der Waals surface area contributed by atoms with Gasteiger partial charge in [0.15, 0.2) is 10.7 Å². The Bertz CT molecular complexity index is 109. The quantitative estimate of drug-likeness (QED) is 0.508. The Hall–Kier alpha value is -0.0900. The van der Waals surface area contributed by atoms with Crippen molar-refractivity contribution in [2.75, 3.05) is 7.05 Å². The van der Waals surface area contributed by atoms with Crippen LogP contribution >= 0.6 is 0 Å². The average molecular weight is 136 g/mol. The molecule has 3 nitrogen and oxygen atoms in total. The molecule has 0 aromatic carbocycles. The molecule has 49 valence electrons. The number of nitrogens with one attached hydrogen (secondary N) is 1. The first kappa shape index (κ1) is 7.91. The number of rotatable bonds is 3. The maximum Gasteiger partial charge on any atom is 0.156 e. The Morgan fingerprint density at radius 3 is 2.25 bits per heavy atom.